The molecular weight excluding hydrogens is 166 g/mol. The van der Waals surface area contributed by atoms with Crippen LogP contribution in [0.25, 0.3) is 11.3 Å². The Hall–Kier alpha value is -0.890. The zero-order valence-corrected chi connectivity index (χ0v) is 8.06. The Labute approximate surface area is 76.4 Å². The lowest BCUT2D eigenvalue weighted by atomic mass is 10.1. The second-order valence-corrected chi connectivity index (χ2v) is 4.17. The van der Waals surface area contributed by atoms with Crippen molar-refractivity contribution in [3.8, 4) is 11.3 Å². The predicted molar refractivity (Wildman–Crippen MR) is 52.8 cm³/mol. The zero-order valence-electron chi connectivity index (χ0n) is 7.24. The molecule has 2 aliphatic rings. The highest BCUT2D eigenvalue weighted by atomic mass is 32.1. The van der Waals surface area contributed by atoms with Crippen LogP contribution in [0.1, 0.15) is 24.6 Å². The van der Waals surface area contributed by atoms with E-state index in [1.54, 1.807) is 11.3 Å². The quantitative estimate of drug-likeness (QED) is 0.650. The van der Waals surface area contributed by atoms with E-state index in [1.807, 2.05) is 6.20 Å². The molecule has 0 spiro atoms. The van der Waals surface area contributed by atoms with Crippen LogP contribution in [0.4, 0.5) is 0 Å². The van der Waals surface area contributed by atoms with Gasteiger partial charge in [-0.25, -0.2) is 0 Å². The number of nitrogens with zero attached hydrogens (tertiary/aromatic N) is 1. The lowest BCUT2D eigenvalue weighted by molar-refractivity contribution is 0.888. The van der Waals surface area contributed by atoms with E-state index in [9.17, 15) is 0 Å². The third kappa shape index (κ3) is 1.23. The van der Waals surface area contributed by atoms with Gasteiger partial charge in [-0.1, -0.05) is 13.8 Å². The molecule has 1 nitrogen and oxygen atoms in total. The second-order valence-electron chi connectivity index (χ2n) is 3.22. The predicted octanol–water partition coefficient (Wildman–Crippen LogP) is 3.37. The van der Waals surface area contributed by atoms with Crippen molar-refractivity contribution in [3.05, 3.63) is 28.6 Å². The van der Waals surface area contributed by atoms with Crippen molar-refractivity contribution in [1.82, 2.24) is 4.98 Å². The van der Waals surface area contributed by atoms with Gasteiger partial charge >= 0.3 is 0 Å². The first-order valence-corrected chi connectivity index (χ1v) is 4.98. The first kappa shape index (κ1) is 7.74. The van der Waals surface area contributed by atoms with Gasteiger partial charge in [0.2, 0.25) is 0 Å². The van der Waals surface area contributed by atoms with E-state index in [0.717, 1.165) is 5.69 Å². The van der Waals surface area contributed by atoms with Crippen LogP contribution in [0.3, 0.4) is 0 Å². The highest BCUT2D eigenvalue weighted by Crippen LogP contribution is 2.28. The Morgan fingerprint density at radius 1 is 1.42 bits per heavy atom. The average molecular weight is 177 g/mol. The van der Waals surface area contributed by atoms with Gasteiger partial charge in [0, 0.05) is 22.0 Å². The van der Waals surface area contributed by atoms with E-state index in [0.29, 0.717) is 5.92 Å². The molecule has 0 saturated carbocycles. The van der Waals surface area contributed by atoms with Gasteiger partial charge in [0.15, 0.2) is 0 Å². The van der Waals surface area contributed by atoms with Crippen LogP contribution in [0, 0.1) is 0 Å². The van der Waals surface area contributed by atoms with Crippen molar-refractivity contribution < 1.29 is 0 Å². The first-order chi connectivity index (χ1) is 5.77. The molecular formula is C10H11NS. The number of hydrogen-bond acceptors (Lipinski definition) is 2. The lowest BCUT2D eigenvalue weighted by Crippen LogP contribution is -1.84. The summed E-state index contributed by atoms with van der Waals surface area (Å²) in [5.74, 6) is 0.620. The molecule has 2 rings (SSSR count). The third-order valence-electron chi connectivity index (χ3n) is 1.94. The fourth-order valence-electron chi connectivity index (χ4n) is 1.19. The summed E-state index contributed by atoms with van der Waals surface area (Å²) in [6.45, 7) is 4.43. The molecule has 62 valence electrons. The molecule has 0 amide bonds. The molecule has 0 saturated heterocycles. The summed E-state index contributed by atoms with van der Waals surface area (Å²) in [5.41, 5.74) is 2.38. The number of fused-ring (bicyclic) bond motifs is 1. The summed E-state index contributed by atoms with van der Waals surface area (Å²) < 4.78 is 0. The molecule has 0 aromatic rings. The van der Waals surface area contributed by atoms with Gasteiger partial charge in [-0.2, -0.15) is 0 Å². The Morgan fingerprint density at radius 2 is 2.25 bits per heavy atom. The lowest BCUT2D eigenvalue weighted by Gasteiger charge is -2.05. The van der Waals surface area contributed by atoms with E-state index >= 15 is 0 Å². The standard InChI is InChI=1S/C10H11NS/c1-7(2)10-5-8-3-4-11-9(8)6-12-10/h3-7H,1-2H3. The molecule has 0 atom stereocenters. The molecule has 2 heteroatoms. The largest absolute Gasteiger partial charge is 0.255 e. The summed E-state index contributed by atoms with van der Waals surface area (Å²) in [4.78, 5) is 5.66. The molecule has 0 aromatic heterocycles. The van der Waals surface area contributed by atoms with Crippen molar-refractivity contribution in [2.45, 2.75) is 19.8 Å². The topological polar surface area (TPSA) is 12.9 Å². The highest BCUT2D eigenvalue weighted by Gasteiger charge is 2.06. The van der Waals surface area contributed by atoms with Gasteiger partial charge in [0.05, 0.1) is 5.69 Å². The number of aromatic nitrogens is 1. The maximum Gasteiger partial charge on any atom is 0.0801 e. The van der Waals surface area contributed by atoms with Crippen LogP contribution in [0.5, 0.6) is 0 Å². The van der Waals surface area contributed by atoms with Gasteiger partial charge in [-0.05, 0) is 18.1 Å². The van der Waals surface area contributed by atoms with E-state index in [2.05, 4.69) is 36.3 Å². The molecule has 0 unspecified atom stereocenters. The van der Waals surface area contributed by atoms with Crippen molar-refractivity contribution in [2.24, 2.45) is 0 Å². The molecule has 2 heterocycles. The summed E-state index contributed by atoms with van der Waals surface area (Å²) in [6, 6.07) is 4.30. The Kier molecular flexibility index (Phi) is 1.85. The SMILES string of the molecule is CC(C)c1cc2ccnc-2cs1. The molecule has 0 N–H and O–H groups in total. The minimum atomic E-state index is 0.620. The Morgan fingerprint density at radius 3 is 3.00 bits per heavy atom. The fourth-order valence-corrected chi connectivity index (χ4v) is 2.10. The van der Waals surface area contributed by atoms with Gasteiger partial charge in [0.25, 0.3) is 0 Å². The minimum Gasteiger partial charge on any atom is -0.255 e. The van der Waals surface area contributed by atoms with Gasteiger partial charge < -0.3 is 0 Å². The van der Waals surface area contributed by atoms with Crippen LogP contribution in [-0.2, 0) is 0 Å². The maximum atomic E-state index is 4.23. The fraction of sp³-hybridized carbons (Fsp3) is 0.300. The molecule has 0 fully saturated rings. The Bertz CT molecular complexity index is 351. The van der Waals surface area contributed by atoms with Crippen molar-refractivity contribution in [1.29, 1.82) is 0 Å². The first-order valence-electron chi connectivity index (χ1n) is 4.10. The van der Waals surface area contributed by atoms with E-state index < -0.39 is 0 Å². The van der Waals surface area contributed by atoms with E-state index in [4.69, 9.17) is 0 Å². The average Bonchev–Trinajstić information content (AvgIpc) is 2.49. The highest BCUT2D eigenvalue weighted by molar-refractivity contribution is 7.10. The minimum absolute atomic E-state index is 0.620. The van der Waals surface area contributed by atoms with Crippen LogP contribution in [0.2, 0.25) is 0 Å². The molecule has 0 aromatic carbocycles. The summed E-state index contributed by atoms with van der Waals surface area (Å²) in [5, 5.41) is 2.13. The van der Waals surface area contributed by atoms with Crippen molar-refractivity contribution in [3.63, 3.8) is 0 Å². The normalized spacial score (nSPS) is 11.2. The Balaban J connectivity index is 2.54. The van der Waals surface area contributed by atoms with Crippen LogP contribution < -0.4 is 0 Å². The van der Waals surface area contributed by atoms with Crippen LogP contribution in [0.15, 0.2) is 23.7 Å². The molecule has 12 heavy (non-hydrogen) atoms. The van der Waals surface area contributed by atoms with Crippen LogP contribution >= 0.6 is 11.3 Å². The maximum absolute atomic E-state index is 4.23. The van der Waals surface area contributed by atoms with Gasteiger partial charge in [0.1, 0.15) is 0 Å². The molecule has 0 aliphatic carbocycles. The third-order valence-corrected chi connectivity index (χ3v) is 3.14. The monoisotopic (exact) mass is 177 g/mol. The van der Waals surface area contributed by atoms with Crippen molar-refractivity contribution in [2.75, 3.05) is 0 Å². The molecule has 0 bridgehead atoms. The van der Waals surface area contributed by atoms with E-state index in [-0.39, 0.29) is 0 Å². The second kappa shape index (κ2) is 2.87. The number of hydrogen-bond donors (Lipinski definition) is 0. The van der Waals surface area contributed by atoms with Crippen molar-refractivity contribution >= 4 is 11.3 Å². The summed E-state index contributed by atoms with van der Waals surface area (Å²) in [7, 11) is 0. The van der Waals surface area contributed by atoms with Crippen LogP contribution in [-0.4, -0.2) is 4.98 Å². The number of rotatable bonds is 1. The van der Waals surface area contributed by atoms with Gasteiger partial charge in [-0.15, -0.1) is 11.3 Å². The molecule has 2 aliphatic heterocycles. The zero-order chi connectivity index (χ0) is 8.55. The molecule has 0 radical (unpaired) electrons. The van der Waals surface area contributed by atoms with Gasteiger partial charge in [-0.3, -0.25) is 4.98 Å². The summed E-state index contributed by atoms with van der Waals surface area (Å²) in [6.07, 6.45) is 1.86. The van der Waals surface area contributed by atoms with E-state index in [1.165, 1.54) is 10.4 Å². The summed E-state index contributed by atoms with van der Waals surface area (Å²) >= 11 is 1.79. The smallest absolute Gasteiger partial charge is 0.0801 e.